The van der Waals surface area contributed by atoms with Crippen LogP contribution in [0.2, 0.25) is 0 Å². The quantitative estimate of drug-likeness (QED) is 0.737. The molecule has 3 heteroatoms. The molecule has 2 aromatic rings. The van der Waals surface area contributed by atoms with Crippen molar-refractivity contribution in [1.29, 1.82) is 0 Å². The van der Waals surface area contributed by atoms with Gasteiger partial charge in [-0.25, -0.2) is 8.78 Å². The minimum atomic E-state index is -2.43. The van der Waals surface area contributed by atoms with Gasteiger partial charge in [0.15, 0.2) is 0 Å². The largest absolute Gasteiger partial charge is 0.361 e. The highest BCUT2D eigenvalue weighted by Gasteiger charge is 2.19. The number of benzene rings is 1. The van der Waals surface area contributed by atoms with Crippen molar-refractivity contribution >= 4 is 10.9 Å². The molecule has 1 heterocycles. The first-order valence-electron chi connectivity index (χ1n) is 5.29. The number of alkyl halides is 2. The molecular formula is C13H15F2N. The third-order valence-corrected chi connectivity index (χ3v) is 2.80. The second-order valence-electron chi connectivity index (χ2n) is 5.06. The Morgan fingerprint density at radius 3 is 2.44 bits per heavy atom. The molecule has 1 N–H and O–H groups in total. The molecule has 0 atom stereocenters. The molecule has 0 aliphatic carbocycles. The van der Waals surface area contributed by atoms with Crippen molar-refractivity contribution in [2.75, 3.05) is 0 Å². The molecule has 0 aliphatic rings. The van der Waals surface area contributed by atoms with Gasteiger partial charge in [0.2, 0.25) is 0 Å². The van der Waals surface area contributed by atoms with Crippen molar-refractivity contribution in [2.45, 2.75) is 32.6 Å². The molecule has 0 amide bonds. The Kier molecular flexibility index (Phi) is 2.49. The molecule has 1 nitrogen and oxygen atoms in total. The minimum Gasteiger partial charge on any atom is -0.361 e. The van der Waals surface area contributed by atoms with Gasteiger partial charge in [-0.15, -0.1) is 0 Å². The SMILES string of the molecule is CC(C)(C)c1cc(C(F)F)c2cc[nH]c2c1. The maximum absolute atomic E-state index is 12.9. The number of H-pyrrole nitrogens is 1. The highest BCUT2D eigenvalue weighted by atomic mass is 19.3. The van der Waals surface area contributed by atoms with Crippen molar-refractivity contribution < 1.29 is 8.78 Å². The molecule has 2 rings (SSSR count). The van der Waals surface area contributed by atoms with Gasteiger partial charge in [0.1, 0.15) is 0 Å². The zero-order chi connectivity index (χ0) is 11.9. The van der Waals surface area contributed by atoms with E-state index in [1.54, 1.807) is 18.3 Å². The van der Waals surface area contributed by atoms with Crippen LogP contribution in [0.25, 0.3) is 10.9 Å². The van der Waals surface area contributed by atoms with Crippen LogP contribution in [0.3, 0.4) is 0 Å². The summed E-state index contributed by atoms with van der Waals surface area (Å²) in [6, 6.07) is 5.26. The molecule has 0 bridgehead atoms. The van der Waals surface area contributed by atoms with E-state index in [0.29, 0.717) is 5.39 Å². The Morgan fingerprint density at radius 1 is 1.19 bits per heavy atom. The molecule has 0 aliphatic heterocycles. The second kappa shape index (κ2) is 3.58. The van der Waals surface area contributed by atoms with E-state index in [1.165, 1.54) is 0 Å². The van der Waals surface area contributed by atoms with Crippen molar-refractivity contribution in [2.24, 2.45) is 0 Å². The third-order valence-electron chi connectivity index (χ3n) is 2.80. The van der Waals surface area contributed by atoms with Gasteiger partial charge < -0.3 is 4.98 Å². The van der Waals surface area contributed by atoms with Crippen LogP contribution >= 0.6 is 0 Å². The number of fused-ring (bicyclic) bond motifs is 1. The summed E-state index contributed by atoms with van der Waals surface area (Å²) in [6.07, 6.45) is -0.733. The van der Waals surface area contributed by atoms with Gasteiger partial charge in [-0.3, -0.25) is 0 Å². The number of hydrogen-bond acceptors (Lipinski definition) is 0. The highest BCUT2D eigenvalue weighted by Crippen LogP contribution is 2.33. The van der Waals surface area contributed by atoms with Gasteiger partial charge >= 0.3 is 0 Å². The van der Waals surface area contributed by atoms with Crippen LogP contribution in [0.15, 0.2) is 24.4 Å². The molecular weight excluding hydrogens is 208 g/mol. The Morgan fingerprint density at radius 2 is 1.88 bits per heavy atom. The number of hydrogen-bond donors (Lipinski definition) is 1. The molecule has 0 saturated carbocycles. The number of aromatic nitrogens is 1. The maximum Gasteiger partial charge on any atom is 0.264 e. The van der Waals surface area contributed by atoms with E-state index < -0.39 is 6.43 Å². The molecule has 0 radical (unpaired) electrons. The van der Waals surface area contributed by atoms with Crippen molar-refractivity contribution in [3.63, 3.8) is 0 Å². The van der Waals surface area contributed by atoms with E-state index in [9.17, 15) is 8.78 Å². The predicted molar refractivity (Wildman–Crippen MR) is 62.0 cm³/mol. The predicted octanol–water partition coefficient (Wildman–Crippen LogP) is 4.40. The van der Waals surface area contributed by atoms with Crippen LogP contribution in [-0.4, -0.2) is 4.98 Å². The molecule has 0 fully saturated rings. The smallest absolute Gasteiger partial charge is 0.264 e. The van der Waals surface area contributed by atoms with Crippen molar-refractivity contribution in [1.82, 2.24) is 4.98 Å². The molecule has 0 unspecified atom stereocenters. The summed E-state index contributed by atoms with van der Waals surface area (Å²) in [7, 11) is 0. The summed E-state index contributed by atoms with van der Waals surface area (Å²) in [6.45, 7) is 6.06. The third kappa shape index (κ3) is 1.82. The highest BCUT2D eigenvalue weighted by molar-refractivity contribution is 5.84. The Balaban J connectivity index is 2.71. The van der Waals surface area contributed by atoms with Gasteiger partial charge in [0.05, 0.1) is 0 Å². The molecule has 86 valence electrons. The minimum absolute atomic E-state index is 0.115. The first-order valence-corrected chi connectivity index (χ1v) is 5.29. The Hall–Kier alpha value is -1.38. The topological polar surface area (TPSA) is 15.8 Å². The van der Waals surface area contributed by atoms with Crippen LogP contribution in [0.4, 0.5) is 8.78 Å². The van der Waals surface area contributed by atoms with E-state index >= 15 is 0 Å². The summed E-state index contributed by atoms with van der Waals surface area (Å²) < 4.78 is 25.9. The first kappa shape index (κ1) is 11.1. The van der Waals surface area contributed by atoms with Crippen LogP contribution in [0, 0.1) is 0 Å². The van der Waals surface area contributed by atoms with Crippen LogP contribution in [0.5, 0.6) is 0 Å². The number of halogens is 2. The number of nitrogens with one attached hydrogen (secondary N) is 1. The Bertz CT molecular complexity index is 506. The average molecular weight is 223 g/mol. The summed E-state index contributed by atoms with van der Waals surface area (Å²) in [5.74, 6) is 0. The fourth-order valence-corrected chi connectivity index (χ4v) is 1.81. The van der Waals surface area contributed by atoms with Crippen LogP contribution in [-0.2, 0) is 5.41 Å². The average Bonchev–Trinajstić information content (AvgIpc) is 2.61. The normalized spacial score (nSPS) is 12.6. The fraction of sp³-hybridized carbons (Fsp3) is 0.385. The van der Waals surface area contributed by atoms with Crippen LogP contribution < -0.4 is 0 Å². The van der Waals surface area contributed by atoms with Gasteiger partial charge in [-0.2, -0.15) is 0 Å². The molecule has 1 aromatic carbocycles. The lowest BCUT2D eigenvalue weighted by atomic mass is 9.85. The lowest BCUT2D eigenvalue weighted by molar-refractivity contribution is 0.153. The standard InChI is InChI=1S/C13H15F2N/c1-13(2,3)8-6-10(12(14)15)9-4-5-16-11(9)7-8/h4-7,12,16H,1-3H3. The monoisotopic (exact) mass is 223 g/mol. The first-order chi connectivity index (χ1) is 7.39. The zero-order valence-electron chi connectivity index (χ0n) is 9.64. The summed E-state index contributed by atoms with van der Waals surface area (Å²) in [5, 5.41) is 0.614. The maximum atomic E-state index is 12.9. The Labute approximate surface area is 93.5 Å². The van der Waals surface area contributed by atoms with Crippen molar-refractivity contribution in [3.05, 3.63) is 35.5 Å². The zero-order valence-corrected chi connectivity index (χ0v) is 9.64. The van der Waals surface area contributed by atoms with E-state index in [2.05, 4.69) is 4.98 Å². The van der Waals surface area contributed by atoms with E-state index in [0.717, 1.165) is 11.1 Å². The van der Waals surface area contributed by atoms with Crippen molar-refractivity contribution in [3.8, 4) is 0 Å². The van der Waals surface area contributed by atoms with E-state index in [1.807, 2.05) is 26.8 Å². The number of rotatable bonds is 1. The van der Waals surface area contributed by atoms with E-state index in [-0.39, 0.29) is 11.0 Å². The lowest BCUT2D eigenvalue weighted by Gasteiger charge is -2.20. The fourth-order valence-electron chi connectivity index (χ4n) is 1.81. The van der Waals surface area contributed by atoms with Gasteiger partial charge in [0, 0.05) is 22.7 Å². The summed E-state index contributed by atoms with van der Waals surface area (Å²) >= 11 is 0. The van der Waals surface area contributed by atoms with Gasteiger partial charge in [-0.1, -0.05) is 20.8 Å². The van der Waals surface area contributed by atoms with Gasteiger partial charge in [0.25, 0.3) is 6.43 Å². The molecule has 0 saturated heterocycles. The molecule has 0 spiro atoms. The van der Waals surface area contributed by atoms with Gasteiger partial charge in [-0.05, 0) is 29.2 Å². The molecule has 16 heavy (non-hydrogen) atoms. The summed E-state index contributed by atoms with van der Waals surface area (Å²) in [4.78, 5) is 2.99. The number of aromatic amines is 1. The molecule has 1 aromatic heterocycles. The summed E-state index contributed by atoms with van der Waals surface area (Å²) in [5.41, 5.74) is 1.70. The lowest BCUT2D eigenvalue weighted by Crippen LogP contribution is -2.11. The second-order valence-corrected chi connectivity index (χ2v) is 5.06. The van der Waals surface area contributed by atoms with E-state index in [4.69, 9.17) is 0 Å². The van der Waals surface area contributed by atoms with Crippen LogP contribution in [0.1, 0.15) is 38.3 Å².